The number of methoxy groups -OCH3 is 1. The largest absolute Gasteiger partial charge is 0.384 e. The first kappa shape index (κ1) is 14.3. The molecule has 0 amide bonds. The van der Waals surface area contributed by atoms with Crippen molar-refractivity contribution in [3.63, 3.8) is 0 Å². The standard InChI is InChI=1S/C14H28N2O2/c1-16(13-3-9-18-10-4-13)11-14(12-17-2)5-7-15-8-6-14/h13,15H,3-12H2,1-2H3. The molecular formula is C14H28N2O2. The molecule has 2 saturated heterocycles. The zero-order valence-corrected chi connectivity index (χ0v) is 11.9. The Morgan fingerprint density at radius 2 is 1.94 bits per heavy atom. The molecule has 2 fully saturated rings. The highest BCUT2D eigenvalue weighted by Gasteiger charge is 2.34. The van der Waals surface area contributed by atoms with Crippen LogP contribution >= 0.6 is 0 Å². The Morgan fingerprint density at radius 3 is 2.56 bits per heavy atom. The lowest BCUT2D eigenvalue weighted by Crippen LogP contribution is -2.49. The Morgan fingerprint density at radius 1 is 1.28 bits per heavy atom. The molecule has 1 N–H and O–H groups in total. The van der Waals surface area contributed by atoms with Crippen molar-refractivity contribution in [3.8, 4) is 0 Å². The minimum absolute atomic E-state index is 0.354. The first-order valence-electron chi connectivity index (χ1n) is 7.23. The Bertz CT molecular complexity index is 230. The SMILES string of the molecule is COCC1(CN(C)C2CCOCC2)CCNCC1. The molecule has 0 aromatic rings. The van der Waals surface area contributed by atoms with Crippen LogP contribution < -0.4 is 5.32 Å². The van der Waals surface area contributed by atoms with Crippen LogP contribution in [0.3, 0.4) is 0 Å². The fourth-order valence-electron chi connectivity index (χ4n) is 3.40. The van der Waals surface area contributed by atoms with Gasteiger partial charge in [0.15, 0.2) is 0 Å². The van der Waals surface area contributed by atoms with Gasteiger partial charge in [-0.25, -0.2) is 0 Å². The number of ether oxygens (including phenoxy) is 2. The van der Waals surface area contributed by atoms with Gasteiger partial charge in [0.25, 0.3) is 0 Å². The van der Waals surface area contributed by atoms with E-state index in [1.165, 1.54) is 25.7 Å². The van der Waals surface area contributed by atoms with Crippen LogP contribution in [0.5, 0.6) is 0 Å². The van der Waals surface area contributed by atoms with Crippen molar-refractivity contribution >= 4 is 0 Å². The Balaban J connectivity index is 1.90. The predicted octanol–water partition coefficient (Wildman–Crippen LogP) is 1.11. The second kappa shape index (κ2) is 6.85. The molecule has 0 aromatic carbocycles. The highest BCUT2D eigenvalue weighted by atomic mass is 16.5. The third-order valence-electron chi connectivity index (χ3n) is 4.51. The van der Waals surface area contributed by atoms with Crippen molar-refractivity contribution in [1.82, 2.24) is 10.2 Å². The monoisotopic (exact) mass is 256 g/mol. The summed E-state index contributed by atoms with van der Waals surface area (Å²) >= 11 is 0. The first-order chi connectivity index (χ1) is 8.76. The minimum atomic E-state index is 0.354. The average Bonchev–Trinajstić information content (AvgIpc) is 2.41. The summed E-state index contributed by atoms with van der Waals surface area (Å²) in [5.41, 5.74) is 0.354. The van der Waals surface area contributed by atoms with Crippen molar-refractivity contribution in [2.75, 3.05) is 53.6 Å². The normalized spacial score (nSPS) is 25.5. The summed E-state index contributed by atoms with van der Waals surface area (Å²) in [6, 6.07) is 0.697. The number of nitrogens with zero attached hydrogens (tertiary/aromatic N) is 1. The lowest BCUT2D eigenvalue weighted by Gasteiger charge is -2.42. The quantitative estimate of drug-likeness (QED) is 0.799. The van der Waals surface area contributed by atoms with E-state index in [4.69, 9.17) is 9.47 Å². The average molecular weight is 256 g/mol. The van der Waals surface area contributed by atoms with E-state index in [0.29, 0.717) is 11.5 Å². The van der Waals surface area contributed by atoms with E-state index in [0.717, 1.165) is 39.5 Å². The summed E-state index contributed by atoms with van der Waals surface area (Å²) in [5, 5.41) is 3.46. The molecule has 0 aliphatic carbocycles. The van der Waals surface area contributed by atoms with Gasteiger partial charge in [-0.1, -0.05) is 0 Å². The lowest BCUT2D eigenvalue weighted by atomic mass is 9.78. The maximum Gasteiger partial charge on any atom is 0.0531 e. The Hall–Kier alpha value is -0.160. The zero-order valence-electron chi connectivity index (χ0n) is 11.9. The maximum absolute atomic E-state index is 5.49. The van der Waals surface area contributed by atoms with Crippen molar-refractivity contribution in [1.29, 1.82) is 0 Å². The van der Waals surface area contributed by atoms with E-state index >= 15 is 0 Å². The van der Waals surface area contributed by atoms with Gasteiger partial charge >= 0.3 is 0 Å². The van der Waals surface area contributed by atoms with E-state index in [2.05, 4.69) is 17.3 Å². The third-order valence-corrected chi connectivity index (χ3v) is 4.51. The van der Waals surface area contributed by atoms with Crippen LogP contribution in [0.15, 0.2) is 0 Å². The zero-order chi connectivity index (χ0) is 12.8. The molecule has 4 nitrogen and oxygen atoms in total. The van der Waals surface area contributed by atoms with Gasteiger partial charge in [-0.2, -0.15) is 0 Å². The van der Waals surface area contributed by atoms with Gasteiger partial charge in [-0.3, -0.25) is 0 Å². The van der Waals surface area contributed by atoms with Crippen LogP contribution in [-0.4, -0.2) is 64.6 Å². The van der Waals surface area contributed by atoms with E-state index in [1.807, 2.05) is 7.11 Å². The first-order valence-corrected chi connectivity index (χ1v) is 7.23. The third kappa shape index (κ3) is 3.67. The fourth-order valence-corrected chi connectivity index (χ4v) is 3.40. The van der Waals surface area contributed by atoms with Crippen LogP contribution in [0, 0.1) is 5.41 Å². The second-order valence-electron chi connectivity index (χ2n) is 5.94. The molecule has 2 heterocycles. The Labute approximate surface area is 111 Å². The van der Waals surface area contributed by atoms with Crippen LogP contribution in [0.2, 0.25) is 0 Å². The molecule has 0 unspecified atom stereocenters. The van der Waals surface area contributed by atoms with Crippen molar-refractivity contribution in [2.24, 2.45) is 5.41 Å². The van der Waals surface area contributed by atoms with Crippen LogP contribution in [-0.2, 0) is 9.47 Å². The number of nitrogens with one attached hydrogen (secondary N) is 1. The molecule has 18 heavy (non-hydrogen) atoms. The summed E-state index contributed by atoms with van der Waals surface area (Å²) in [6.45, 7) is 6.16. The molecule has 0 saturated carbocycles. The topological polar surface area (TPSA) is 33.7 Å². The molecular weight excluding hydrogens is 228 g/mol. The van der Waals surface area contributed by atoms with Crippen molar-refractivity contribution in [3.05, 3.63) is 0 Å². The van der Waals surface area contributed by atoms with Crippen molar-refractivity contribution in [2.45, 2.75) is 31.7 Å². The second-order valence-corrected chi connectivity index (χ2v) is 5.94. The molecule has 2 aliphatic heterocycles. The number of hydrogen-bond donors (Lipinski definition) is 1. The molecule has 2 aliphatic rings. The number of piperidine rings is 1. The van der Waals surface area contributed by atoms with Gasteiger partial charge in [0.1, 0.15) is 0 Å². The van der Waals surface area contributed by atoms with Gasteiger partial charge < -0.3 is 19.7 Å². The van der Waals surface area contributed by atoms with E-state index < -0.39 is 0 Å². The van der Waals surface area contributed by atoms with Crippen molar-refractivity contribution < 1.29 is 9.47 Å². The molecule has 0 spiro atoms. The Kier molecular flexibility index (Phi) is 5.42. The molecule has 0 radical (unpaired) electrons. The molecule has 4 heteroatoms. The summed E-state index contributed by atoms with van der Waals surface area (Å²) in [7, 11) is 4.10. The van der Waals surface area contributed by atoms with Crippen LogP contribution in [0.1, 0.15) is 25.7 Å². The lowest BCUT2D eigenvalue weighted by molar-refractivity contribution is -0.00686. The fraction of sp³-hybridized carbons (Fsp3) is 1.00. The number of rotatable bonds is 5. The molecule has 0 atom stereocenters. The predicted molar refractivity (Wildman–Crippen MR) is 72.9 cm³/mol. The summed E-state index contributed by atoms with van der Waals surface area (Å²) in [5.74, 6) is 0. The molecule has 0 aromatic heterocycles. The summed E-state index contributed by atoms with van der Waals surface area (Å²) in [4.78, 5) is 2.55. The number of hydrogen-bond acceptors (Lipinski definition) is 4. The van der Waals surface area contributed by atoms with Gasteiger partial charge in [0.05, 0.1) is 6.61 Å². The van der Waals surface area contributed by atoms with Gasteiger partial charge in [-0.15, -0.1) is 0 Å². The maximum atomic E-state index is 5.49. The van der Waals surface area contributed by atoms with Gasteiger partial charge in [0, 0.05) is 38.3 Å². The summed E-state index contributed by atoms with van der Waals surface area (Å²) < 4.78 is 10.9. The molecule has 2 rings (SSSR count). The van der Waals surface area contributed by atoms with E-state index in [9.17, 15) is 0 Å². The van der Waals surface area contributed by atoms with Crippen LogP contribution in [0.25, 0.3) is 0 Å². The van der Waals surface area contributed by atoms with E-state index in [-0.39, 0.29) is 0 Å². The van der Waals surface area contributed by atoms with Gasteiger partial charge in [-0.05, 0) is 45.8 Å². The minimum Gasteiger partial charge on any atom is -0.384 e. The van der Waals surface area contributed by atoms with Gasteiger partial charge in [0.2, 0.25) is 0 Å². The van der Waals surface area contributed by atoms with Crippen LogP contribution in [0.4, 0.5) is 0 Å². The smallest absolute Gasteiger partial charge is 0.0531 e. The summed E-state index contributed by atoms with van der Waals surface area (Å²) in [6.07, 6.45) is 4.82. The molecule has 106 valence electrons. The highest BCUT2D eigenvalue weighted by molar-refractivity contribution is 4.88. The highest BCUT2D eigenvalue weighted by Crippen LogP contribution is 2.31. The van der Waals surface area contributed by atoms with E-state index in [1.54, 1.807) is 0 Å². The molecule has 0 bridgehead atoms.